The molecule has 0 saturated heterocycles. The van der Waals surface area contributed by atoms with Gasteiger partial charge in [0.05, 0.1) is 6.08 Å². The van der Waals surface area contributed by atoms with Crippen molar-refractivity contribution in [2.24, 2.45) is 0 Å². The monoisotopic (exact) mass is 129 g/mol. The lowest BCUT2D eigenvalue weighted by Gasteiger charge is -2.03. The molecule has 1 N–H and O–H groups in total. The summed E-state index contributed by atoms with van der Waals surface area (Å²) in [5, 5.41) is 4.51. The Kier molecular flexibility index (Phi) is 1.18. The summed E-state index contributed by atoms with van der Waals surface area (Å²) in [6, 6.07) is -0.958. The van der Waals surface area contributed by atoms with Crippen LogP contribution in [0.4, 0.5) is 9.18 Å². The van der Waals surface area contributed by atoms with Crippen molar-refractivity contribution in [1.29, 1.82) is 0 Å². The molecule has 1 aliphatic rings. The Morgan fingerprint density at radius 2 is 2.22 bits per heavy atom. The highest BCUT2D eigenvalue weighted by Gasteiger charge is 2.16. The Morgan fingerprint density at radius 1 is 1.56 bits per heavy atom. The van der Waals surface area contributed by atoms with Gasteiger partial charge in [-0.05, 0) is 0 Å². The summed E-state index contributed by atoms with van der Waals surface area (Å²) < 4.78 is 11.9. The van der Waals surface area contributed by atoms with Crippen molar-refractivity contribution in [2.45, 2.75) is 0 Å². The molecule has 0 bridgehead atoms. The second-order valence-electron chi connectivity index (χ2n) is 1.37. The zero-order valence-electron chi connectivity index (χ0n) is 4.22. The summed E-state index contributed by atoms with van der Waals surface area (Å²) in [6.45, 7) is 0. The van der Waals surface area contributed by atoms with Crippen LogP contribution < -0.4 is 10.6 Å². The van der Waals surface area contributed by atoms with Crippen molar-refractivity contribution in [1.82, 2.24) is 10.6 Å². The number of nitrogens with one attached hydrogen (secondary N) is 1. The van der Waals surface area contributed by atoms with Crippen LogP contribution in [-0.2, 0) is 4.79 Å². The van der Waals surface area contributed by atoms with Crippen molar-refractivity contribution in [3.63, 3.8) is 0 Å². The van der Waals surface area contributed by atoms with Crippen LogP contribution in [0.3, 0.4) is 0 Å². The molecule has 0 spiro atoms. The number of carbonyl (C=O) groups is 2. The van der Waals surface area contributed by atoms with Gasteiger partial charge in [-0.25, -0.2) is 4.79 Å². The van der Waals surface area contributed by atoms with Crippen LogP contribution in [0.25, 0.3) is 0 Å². The predicted molar refractivity (Wildman–Crippen MR) is 24.9 cm³/mol. The van der Waals surface area contributed by atoms with Gasteiger partial charge in [0.15, 0.2) is 0 Å². The summed E-state index contributed by atoms with van der Waals surface area (Å²) >= 11 is 0. The van der Waals surface area contributed by atoms with Crippen molar-refractivity contribution < 1.29 is 14.0 Å². The zero-order chi connectivity index (χ0) is 6.85. The van der Waals surface area contributed by atoms with Crippen molar-refractivity contribution >= 4 is 11.9 Å². The maximum atomic E-state index is 11.9. The quantitative estimate of drug-likeness (QED) is 0.454. The molecule has 47 valence electrons. The minimum atomic E-state index is -1.05. The number of nitrogens with zero attached hydrogens (tertiary/aromatic N) is 1. The lowest BCUT2D eigenvalue weighted by molar-refractivity contribution is -0.115. The van der Waals surface area contributed by atoms with Crippen molar-refractivity contribution in [2.75, 3.05) is 0 Å². The smallest absolute Gasteiger partial charge is 0.272 e. The van der Waals surface area contributed by atoms with Gasteiger partial charge in [0.2, 0.25) is 5.95 Å². The van der Waals surface area contributed by atoms with E-state index in [0.717, 1.165) is 0 Å². The van der Waals surface area contributed by atoms with Gasteiger partial charge >= 0.3 is 6.03 Å². The molecule has 5 heteroatoms. The number of hydrogen-bond acceptors (Lipinski definition) is 2. The highest BCUT2D eigenvalue weighted by Crippen LogP contribution is 1.96. The third kappa shape index (κ3) is 1.25. The molecule has 0 atom stereocenters. The van der Waals surface area contributed by atoms with Crippen LogP contribution in [0, 0.1) is 0 Å². The highest BCUT2D eigenvalue weighted by molar-refractivity contribution is 6.03. The summed E-state index contributed by atoms with van der Waals surface area (Å²) in [6.07, 6.45) is 0.599. The number of amides is 3. The van der Waals surface area contributed by atoms with Gasteiger partial charge in [0, 0.05) is 0 Å². The van der Waals surface area contributed by atoms with Gasteiger partial charge in [-0.15, -0.1) is 0 Å². The van der Waals surface area contributed by atoms with E-state index in [1.165, 1.54) is 0 Å². The first-order chi connectivity index (χ1) is 4.18. The van der Waals surface area contributed by atoms with Crippen molar-refractivity contribution in [3.8, 4) is 0 Å². The number of hydrogen-bond donors (Lipinski definition) is 1. The highest BCUT2D eigenvalue weighted by atomic mass is 19.1. The van der Waals surface area contributed by atoms with Crippen LogP contribution in [-0.4, -0.2) is 11.9 Å². The van der Waals surface area contributed by atoms with Gasteiger partial charge in [0.1, 0.15) is 0 Å². The lowest BCUT2D eigenvalue weighted by Crippen LogP contribution is -2.37. The fourth-order valence-electron chi connectivity index (χ4n) is 0.407. The number of rotatable bonds is 0. The van der Waals surface area contributed by atoms with E-state index in [4.69, 9.17) is 0 Å². The molecule has 0 aromatic carbocycles. The van der Waals surface area contributed by atoms with Gasteiger partial charge in [-0.3, -0.25) is 10.1 Å². The zero-order valence-corrected chi connectivity index (χ0v) is 4.22. The lowest BCUT2D eigenvalue weighted by atomic mass is 10.5. The van der Waals surface area contributed by atoms with Gasteiger partial charge < -0.3 is 0 Å². The molecule has 9 heavy (non-hydrogen) atoms. The van der Waals surface area contributed by atoms with E-state index in [1.807, 2.05) is 0 Å². The number of imide groups is 1. The molecule has 0 aliphatic carbocycles. The number of halogens is 1. The van der Waals surface area contributed by atoms with E-state index in [-0.39, 0.29) is 0 Å². The fraction of sp³-hybridized carbons (Fsp3) is 0. The Morgan fingerprint density at radius 3 is 2.67 bits per heavy atom. The van der Waals surface area contributed by atoms with Crippen LogP contribution >= 0.6 is 0 Å². The minimum Gasteiger partial charge on any atom is -0.272 e. The Bertz CT molecular complexity index is 199. The van der Waals surface area contributed by atoms with E-state index in [1.54, 1.807) is 5.32 Å². The molecule has 3 amide bonds. The normalized spacial score (nSPS) is 18.1. The Balaban J connectivity index is 2.79. The van der Waals surface area contributed by atoms with Crippen molar-refractivity contribution in [3.05, 3.63) is 12.0 Å². The van der Waals surface area contributed by atoms with E-state index in [2.05, 4.69) is 5.32 Å². The molecule has 1 heterocycles. The average molecular weight is 129 g/mol. The molecule has 0 saturated carbocycles. The molecule has 1 radical (unpaired) electrons. The van der Waals surface area contributed by atoms with Crippen LogP contribution in [0.1, 0.15) is 0 Å². The minimum absolute atomic E-state index is 0.599. The Labute approximate surface area is 49.7 Å². The van der Waals surface area contributed by atoms with E-state index in [0.29, 0.717) is 6.08 Å². The average Bonchev–Trinajstić information content (AvgIpc) is 1.59. The maximum absolute atomic E-state index is 11.9. The van der Waals surface area contributed by atoms with Crippen LogP contribution in [0.2, 0.25) is 0 Å². The topological polar surface area (TPSA) is 60.3 Å². The molecule has 0 aromatic rings. The predicted octanol–water partition coefficient (Wildman–Crippen LogP) is -0.348. The van der Waals surface area contributed by atoms with Gasteiger partial charge in [0.25, 0.3) is 5.91 Å². The molecule has 0 fully saturated rings. The fourth-order valence-corrected chi connectivity index (χ4v) is 0.407. The van der Waals surface area contributed by atoms with Crippen LogP contribution in [0.15, 0.2) is 12.0 Å². The molecular formula is C4H2FN2O2. The second kappa shape index (κ2) is 1.85. The largest absolute Gasteiger partial charge is 0.350 e. The number of urea groups is 1. The maximum Gasteiger partial charge on any atom is 0.350 e. The molecule has 1 aliphatic heterocycles. The first kappa shape index (κ1) is 5.74. The molecule has 4 nitrogen and oxygen atoms in total. The summed E-state index contributed by atoms with van der Waals surface area (Å²) in [4.78, 5) is 20.3. The first-order valence-corrected chi connectivity index (χ1v) is 2.12. The van der Waals surface area contributed by atoms with Crippen LogP contribution in [0.5, 0.6) is 0 Å². The standard InChI is InChI=1S/C4H2FN2O2/c5-2-1-3(8)7-4(9)6-2/h1H,(H,7,8,9). The summed E-state index contributed by atoms with van der Waals surface area (Å²) in [7, 11) is 0. The third-order valence-corrected chi connectivity index (χ3v) is 0.689. The SMILES string of the molecule is O=C1C=C(F)[N]C(=O)N1. The molecule has 1 rings (SSSR count). The van der Waals surface area contributed by atoms with Gasteiger partial charge in [-0.2, -0.15) is 9.71 Å². The summed E-state index contributed by atoms with van der Waals surface area (Å²) in [5.74, 6) is -1.82. The second-order valence-corrected chi connectivity index (χ2v) is 1.37. The summed E-state index contributed by atoms with van der Waals surface area (Å²) in [5.41, 5.74) is 0. The molecule has 0 aromatic heterocycles. The Hall–Kier alpha value is -1.39. The molecule has 0 unspecified atom stereocenters. The first-order valence-electron chi connectivity index (χ1n) is 2.12. The molecular weight excluding hydrogens is 127 g/mol. The van der Waals surface area contributed by atoms with E-state index in [9.17, 15) is 14.0 Å². The van der Waals surface area contributed by atoms with E-state index >= 15 is 0 Å². The van der Waals surface area contributed by atoms with Gasteiger partial charge in [-0.1, -0.05) is 0 Å². The number of carbonyl (C=O) groups excluding carboxylic acids is 2. The van der Waals surface area contributed by atoms with E-state index < -0.39 is 17.9 Å². The third-order valence-electron chi connectivity index (χ3n) is 0.689.